The Bertz CT molecular complexity index is 736. The molecule has 1 heterocycles. The van der Waals surface area contributed by atoms with Crippen molar-refractivity contribution in [3.63, 3.8) is 0 Å². The minimum atomic E-state index is -3.55. The molecule has 1 saturated carbocycles. The normalized spacial score (nSPS) is 25.1. The van der Waals surface area contributed by atoms with Crippen molar-refractivity contribution in [3.05, 3.63) is 29.8 Å². The van der Waals surface area contributed by atoms with Gasteiger partial charge < -0.3 is 15.8 Å². The molecule has 1 aromatic rings. The fourth-order valence-electron chi connectivity index (χ4n) is 3.68. The first-order chi connectivity index (χ1) is 12.9. The molecular formula is C19H30ClN3O4S. The summed E-state index contributed by atoms with van der Waals surface area (Å²) >= 11 is 0. The third-order valence-electron chi connectivity index (χ3n) is 5.31. The van der Waals surface area contributed by atoms with Gasteiger partial charge in [0.2, 0.25) is 15.9 Å². The zero-order chi connectivity index (χ0) is 19.3. The van der Waals surface area contributed by atoms with Gasteiger partial charge in [-0.05, 0) is 49.8 Å². The number of carbonyl (C=O) groups excluding carboxylic acids is 1. The zero-order valence-corrected chi connectivity index (χ0v) is 17.6. The summed E-state index contributed by atoms with van der Waals surface area (Å²) in [6, 6.07) is 6.70. The molecule has 3 rings (SSSR count). The third kappa shape index (κ3) is 6.42. The fourth-order valence-corrected chi connectivity index (χ4v) is 4.74. The van der Waals surface area contributed by atoms with Crippen molar-refractivity contribution in [1.29, 1.82) is 0 Å². The molecule has 1 saturated heterocycles. The molecule has 158 valence electrons. The van der Waals surface area contributed by atoms with Crippen LogP contribution in [0.4, 0.5) is 0 Å². The predicted molar refractivity (Wildman–Crippen MR) is 110 cm³/mol. The number of carbonyl (C=O) groups is 1. The van der Waals surface area contributed by atoms with E-state index in [2.05, 4.69) is 10.0 Å². The summed E-state index contributed by atoms with van der Waals surface area (Å²) < 4.78 is 32.7. The molecule has 0 aromatic heterocycles. The lowest BCUT2D eigenvalue weighted by Gasteiger charge is -2.25. The number of halogens is 1. The van der Waals surface area contributed by atoms with Crippen molar-refractivity contribution in [2.24, 2.45) is 11.7 Å². The van der Waals surface area contributed by atoms with Crippen LogP contribution in [-0.2, 0) is 26.1 Å². The first kappa shape index (κ1) is 23.1. The van der Waals surface area contributed by atoms with E-state index in [1.54, 1.807) is 24.3 Å². The van der Waals surface area contributed by atoms with Crippen LogP contribution in [0.3, 0.4) is 0 Å². The van der Waals surface area contributed by atoms with E-state index >= 15 is 0 Å². The number of ether oxygens (including phenoxy) is 1. The molecule has 1 aliphatic heterocycles. The Morgan fingerprint density at radius 2 is 1.89 bits per heavy atom. The fraction of sp³-hybridized carbons (Fsp3) is 0.632. The number of nitrogens with one attached hydrogen (secondary N) is 2. The Morgan fingerprint density at radius 3 is 2.54 bits per heavy atom. The van der Waals surface area contributed by atoms with E-state index in [0.717, 1.165) is 44.1 Å². The number of benzene rings is 1. The molecule has 9 heteroatoms. The van der Waals surface area contributed by atoms with Gasteiger partial charge in [0.1, 0.15) is 0 Å². The summed E-state index contributed by atoms with van der Waals surface area (Å²) in [6.45, 7) is 1.37. The molecule has 1 aliphatic carbocycles. The Morgan fingerprint density at radius 1 is 1.14 bits per heavy atom. The van der Waals surface area contributed by atoms with Crippen molar-refractivity contribution >= 4 is 28.3 Å². The van der Waals surface area contributed by atoms with Crippen molar-refractivity contribution in [2.75, 3.05) is 13.2 Å². The topological polar surface area (TPSA) is 111 Å². The third-order valence-corrected chi connectivity index (χ3v) is 6.75. The summed E-state index contributed by atoms with van der Waals surface area (Å²) in [6.07, 6.45) is 5.41. The van der Waals surface area contributed by atoms with Crippen molar-refractivity contribution < 1.29 is 17.9 Å². The maximum absolute atomic E-state index is 12.4. The minimum Gasteiger partial charge on any atom is -0.377 e. The van der Waals surface area contributed by atoms with E-state index in [9.17, 15) is 13.2 Å². The van der Waals surface area contributed by atoms with Gasteiger partial charge in [0.15, 0.2) is 0 Å². The largest absolute Gasteiger partial charge is 0.377 e. The lowest BCUT2D eigenvalue weighted by molar-refractivity contribution is -0.126. The Kier molecular flexibility index (Phi) is 8.70. The van der Waals surface area contributed by atoms with E-state index < -0.39 is 10.0 Å². The van der Waals surface area contributed by atoms with Crippen LogP contribution >= 0.6 is 12.4 Å². The highest BCUT2D eigenvalue weighted by Crippen LogP contribution is 2.23. The summed E-state index contributed by atoms with van der Waals surface area (Å²) in [5, 5.41) is 2.93. The number of nitrogens with two attached hydrogens (primary N) is 1. The first-order valence-corrected chi connectivity index (χ1v) is 11.2. The van der Waals surface area contributed by atoms with Crippen LogP contribution in [0.15, 0.2) is 29.2 Å². The highest BCUT2D eigenvalue weighted by Gasteiger charge is 2.25. The van der Waals surface area contributed by atoms with Crippen LogP contribution in [0.5, 0.6) is 0 Å². The van der Waals surface area contributed by atoms with Crippen LogP contribution < -0.4 is 15.8 Å². The smallest absolute Gasteiger partial charge is 0.240 e. The van der Waals surface area contributed by atoms with E-state index in [0.29, 0.717) is 19.7 Å². The van der Waals surface area contributed by atoms with Gasteiger partial charge in [-0.1, -0.05) is 18.6 Å². The maximum atomic E-state index is 12.4. The molecule has 0 radical (unpaired) electrons. The average Bonchev–Trinajstić information content (AvgIpc) is 3.19. The summed E-state index contributed by atoms with van der Waals surface area (Å²) in [5.41, 5.74) is 6.80. The van der Waals surface area contributed by atoms with Gasteiger partial charge in [-0.2, -0.15) is 0 Å². The molecule has 2 fully saturated rings. The molecule has 4 N–H and O–H groups in total. The first-order valence-electron chi connectivity index (χ1n) is 9.67. The zero-order valence-electron chi connectivity index (χ0n) is 15.9. The summed E-state index contributed by atoms with van der Waals surface area (Å²) in [7, 11) is -3.55. The van der Waals surface area contributed by atoms with Crippen LogP contribution in [-0.4, -0.2) is 39.6 Å². The van der Waals surface area contributed by atoms with Gasteiger partial charge >= 0.3 is 0 Å². The second-order valence-corrected chi connectivity index (χ2v) is 9.24. The van der Waals surface area contributed by atoms with Crippen LogP contribution in [0.25, 0.3) is 0 Å². The van der Waals surface area contributed by atoms with Crippen LogP contribution in [0, 0.1) is 5.92 Å². The van der Waals surface area contributed by atoms with E-state index in [-0.39, 0.29) is 41.3 Å². The number of rotatable bonds is 7. The van der Waals surface area contributed by atoms with Gasteiger partial charge in [0.05, 0.1) is 11.0 Å². The van der Waals surface area contributed by atoms with Crippen LogP contribution in [0.2, 0.25) is 0 Å². The molecule has 1 aromatic carbocycles. The predicted octanol–water partition coefficient (Wildman–Crippen LogP) is 1.70. The quantitative estimate of drug-likeness (QED) is 0.608. The molecule has 0 bridgehead atoms. The average molecular weight is 432 g/mol. The van der Waals surface area contributed by atoms with Gasteiger partial charge in [-0.15, -0.1) is 12.4 Å². The number of hydrogen-bond acceptors (Lipinski definition) is 5. The number of hydrogen-bond donors (Lipinski definition) is 3. The van der Waals surface area contributed by atoms with E-state index in [4.69, 9.17) is 10.5 Å². The monoisotopic (exact) mass is 431 g/mol. The Labute approximate surface area is 173 Å². The van der Waals surface area contributed by atoms with E-state index in [1.807, 2.05) is 0 Å². The Hall–Kier alpha value is -1.19. The summed E-state index contributed by atoms with van der Waals surface area (Å²) in [4.78, 5) is 12.5. The van der Waals surface area contributed by atoms with Gasteiger partial charge in [-0.25, -0.2) is 13.1 Å². The van der Waals surface area contributed by atoms with Gasteiger partial charge in [0, 0.05) is 31.7 Å². The molecule has 0 spiro atoms. The number of sulfonamides is 1. The molecule has 7 nitrogen and oxygen atoms in total. The highest BCUT2D eigenvalue weighted by atomic mass is 35.5. The summed E-state index contributed by atoms with van der Waals surface area (Å²) in [5.74, 6) is 0.00971. The van der Waals surface area contributed by atoms with Crippen molar-refractivity contribution in [3.8, 4) is 0 Å². The number of amides is 1. The molecule has 1 amide bonds. The SMILES string of the molecule is Cl.NC1CCCC(C(=O)NCc2ccc(S(=O)(=O)NCC3CCCO3)cc2)C1. The lowest BCUT2D eigenvalue weighted by Crippen LogP contribution is -2.37. The standard InChI is InChI=1S/C19H29N3O4S.ClH/c20-16-4-1-3-15(11-16)19(23)21-12-14-6-8-18(9-7-14)27(24,25)22-13-17-5-2-10-26-17;/h6-9,15-17,22H,1-5,10-13,20H2,(H,21,23);1H. The molecule has 3 unspecified atom stereocenters. The van der Waals surface area contributed by atoms with E-state index in [1.165, 1.54) is 0 Å². The molecular weight excluding hydrogens is 402 g/mol. The second kappa shape index (κ2) is 10.5. The molecule has 28 heavy (non-hydrogen) atoms. The second-order valence-electron chi connectivity index (χ2n) is 7.47. The Balaban J connectivity index is 0.00000280. The molecule has 3 atom stereocenters. The van der Waals surface area contributed by atoms with Gasteiger partial charge in [0.25, 0.3) is 0 Å². The van der Waals surface area contributed by atoms with Gasteiger partial charge in [-0.3, -0.25) is 4.79 Å². The van der Waals surface area contributed by atoms with Crippen molar-refractivity contribution in [1.82, 2.24) is 10.0 Å². The molecule has 2 aliphatic rings. The van der Waals surface area contributed by atoms with Crippen LogP contribution in [0.1, 0.15) is 44.1 Å². The minimum absolute atomic E-state index is 0. The lowest BCUT2D eigenvalue weighted by atomic mass is 9.85. The van der Waals surface area contributed by atoms with Crippen molar-refractivity contribution in [2.45, 2.75) is 62.1 Å². The highest BCUT2D eigenvalue weighted by molar-refractivity contribution is 7.89. The maximum Gasteiger partial charge on any atom is 0.240 e.